The van der Waals surface area contributed by atoms with E-state index in [-0.39, 0.29) is 41.7 Å². The van der Waals surface area contributed by atoms with Crippen LogP contribution in [0.25, 0.3) is 0 Å². The monoisotopic (exact) mass is 551 g/mol. The van der Waals surface area contributed by atoms with E-state index in [4.69, 9.17) is 16.6 Å². The van der Waals surface area contributed by atoms with Crippen molar-refractivity contribution in [1.29, 1.82) is 0 Å². The maximum Gasteiger partial charge on any atom is 0.219 e. The molecule has 2 heterocycles. The maximum absolute atomic E-state index is 14.7. The third-order valence-corrected chi connectivity index (χ3v) is 6.02. The standard InChI is InChI=1S/C21H31ClFN5O.HI/c1-3-24-21(28-13-11-26(12-14-28)16(2)29)25-15-19(27-9-4-5-10-27)20-17(22)7-6-8-18(20)23;/h6-8,19H,3-5,9-15H2,1-2H3,(H,24,25);1H. The van der Waals surface area contributed by atoms with E-state index in [0.29, 0.717) is 30.2 Å². The van der Waals surface area contributed by atoms with Crippen molar-refractivity contribution < 1.29 is 9.18 Å². The van der Waals surface area contributed by atoms with E-state index >= 15 is 0 Å². The van der Waals surface area contributed by atoms with Crippen molar-refractivity contribution in [3.8, 4) is 0 Å². The minimum atomic E-state index is -0.273. The summed E-state index contributed by atoms with van der Waals surface area (Å²) < 4.78 is 14.7. The van der Waals surface area contributed by atoms with E-state index in [1.165, 1.54) is 6.07 Å². The van der Waals surface area contributed by atoms with Crippen LogP contribution in [0.2, 0.25) is 5.02 Å². The van der Waals surface area contributed by atoms with Crippen molar-refractivity contribution in [2.75, 3.05) is 52.4 Å². The number of halogens is 3. The lowest BCUT2D eigenvalue weighted by atomic mass is 10.0. The van der Waals surface area contributed by atoms with Crippen molar-refractivity contribution in [2.45, 2.75) is 32.7 Å². The molecule has 2 saturated heterocycles. The average Bonchev–Trinajstić information content (AvgIpc) is 3.24. The number of carbonyl (C=O) groups excluding carboxylic acids is 1. The number of likely N-dealkylation sites (tertiary alicyclic amines) is 1. The molecule has 2 aliphatic heterocycles. The SMILES string of the molecule is CCNC(=NCC(c1c(F)cccc1Cl)N1CCCC1)N1CCN(C(C)=O)CC1.I. The molecule has 2 fully saturated rings. The Bertz CT molecular complexity index is 716. The van der Waals surface area contributed by atoms with Gasteiger partial charge in [0.1, 0.15) is 5.82 Å². The molecule has 0 radical (unpaired) electrons. The Morgan fingerprint density at radius 3 is 2.37 bits per heavy atom. The summed E-state index contributed by atoms with van der Waals surface area (Å²) in [4.78, 5) is 22.8. The zero-order chi connectivity index (χ0) is 20.8. The van der Waals surface area contributed by atoms with Crippen molar-refractivity contribution in [3.05, 3.63) is 34.6 Å². The van der Waals surface area contributed by atoms with Gasteiger partial charge in [-0.25, -0.2) is 4.39 Å². The Morgan fingerprint density at radius 2 is 1.80 bits per heavy atom. The van der Waals surface area contributed by atoms with Crippen LogP contribution in [-0.2, 0) is 4.79 Å². The molecule has 1 aromatic carbocycles. The van der Waals surface area contributed by atoms with E-state index in [2.05, 4.69) is 15.1 Å². The third kappa shape index (κ3) is 6.20. The quantitative estimate of drug-likeness (QED) is 0.346. The minimum absolute atomic E-state index is 0. The fraction of sp³-hybridized carbons (Fsp3) is 0.619. The van der Waals surface area contributed by atoms with Crippen LogP contribution in [0.3, 0.4) is 0 Å². The Hall–Kier alpha value is -1.13. The van der Waals surface area contributed by atoms with E-state index in [1.807, 2.05) is 11.8 Å². The predicted octanol–water partition coefficient (Wildman–Crippen LogP) is 3.36. The van der Waals surface area contributed by atoms with Crippen molar-refractivity contribution in [3.63, 3.8) is 0 Å². The van der Waals surface area contributed by atoms with Gasteiger partial charge >= 0.3 is 0 Å². The van der Waals surface area contributed by atoms with Crippen LogP contribution in [-0.4, -0.2) is 78.9 Å². The number of aliphatic imine (C=N–C) groups is 1. The van der Waals surface area contributed by atoms with Crippen LogP contribution in [0.4, 0.5) is 4.39 Å². The molecule has 0 bridgehead atoms. The lowest BCUT2D eigenvalue weighted by molar-refractivity contribution is -0.130. The summed E-state index contributed by atoms with van der Waals surface area (Å²) in [6.07, 6.45) is 2.22. The van der Waals surface area contributed by atoms with Crippen LogP contribution in [0.1, 0.15) is 38.3 Å². The van der Waals surface area contributed by atoms with Gasteiger partial charge in [-0.15, -0.1) is 24.0 Å². The highest BCUT2D eigenvalue weighted by Crippen LogP contribution is 2.32. The molecule has 6 nitrogen and oxygen atoms in total. The van der Waals surface area contributed by atoms with Gasteiger partial charge in [0.2, 0.25) is 5.91 Å². The summed E-state index contributed by atoms with van der Waals surface area (Å²) in [7, 11) is 0. The van der Waals surface area contributed by atoms with Crippen LogP contribution in [0, 0.1) is 5.82 Å². The van der Waals surface area contributed by atoms with E-state index in [0.717, 1.165) is 51.5 Å². The Labute approximate surface area is 200 Å². The highest BCUT2D eigenvalue weighted by Gasteiger charge is 2.28. The number of nitrogens with zero attached hydrogens (tertiary/aromatic N) is 4. The van der Waals surface area contributed by atoms with Gasteiger partial charge in [0.15, 0.2) is 5.96 Å². The zero-order valence-corrected chi connectivity index (χ0v) is 20.8. The maximum atomic E-state index is 14.7. The largest absolute Gasteiger partial charge is 0.357 e. The average molecular weight is 552 g/mol. The second-order valence-electron chi connectivity index (χ2n) is 7.58. The fourth-order valence-corrected chi connectivity index (χ4v) is 4.39. The molecule has 2 aliphatic rings. The number of amides is 1. The summed E-state index contributed by atoms with van der Waals surface area (Å²) in [6.45, 7) is 9.54. The van der Waals surface area contributed by atoms with Gasteiger partial charge in [0.25, 0.3) is 0 Å². The number of nitrogens with one attached hydrogen (secondary N) is 1. The molecule has 0 spiro atoms. The number of benzene rings is 1. The minimum Gasteiger partial charge on any atom is -0.357 e. The highest BCUT2D eigenvalue weighted by atomic mass is 127. The van der Waals surface area contributed by atoms with Crippen molar-refractivity contribution >= 4 is 47.4 Å². The lowest BCUT2D eigenvalue weighted by Gasteiger charge is -2.36. The molecule has 1 unspecified atom stereocenters. The number of carbonyl (C=O) groups is 1. The van der Waals surface area contributed by atoms with Gasteiger partial charge in [0, 0.05) is 50.2 Å². The molecular weight excluding hydrogens is 520 g/mol. The Kier molecular flexibility index (Phi) is 10.1. The summed E-state index contributed by atoms with van der Waals surface area (Å²) >= 11 is 6.39. The first-order chi connectivity index (χ1) is 14.0. The normalized spacial score (nSPS) is 18.9. The molecule has 1 aromatic rings. The molecule has 9 heteroatoms. The van der Waals surface area contributed by atoms with Crippen LogP contribution < -0.4 is 5.32 Å². The molecule has 0 aromatic heterocycles. The highest BCUT2D eigenvalue weighted by molar-refractivity contribution is 14.0. The van der Waals surface area contributed by atoms with Gasteiger partial charge in [-0.3, -0.25) is 14.7 Å². The predicted molar refractivity (Wildman–Crippen MR) is 130 cm³/mol. The van der Waals surface area contributed by atoms with Gasteiger partial charge < -0.3 is 15.1 Å². The van der Waals surface area contributed by atoms with Gasteiger partial charge in [-0.1, -0.05) is 17.7 Å². The zero-order valence-electron chi connectivity index (χ0n) is 17.7. The van der Waals surface area contributed by atoms with Crippen LogP contribution in [0.15, 0.2) is 23.2 Å². The molecule has 0 aliphatic carbocycles. The Balaban J connectivity index is 0.00000320. The molecule has 1 amide bonds. The molecule has 30 heavy (non-hydrogen) atoms. The van der Waals surface area contributed by atoms with E-state index in [1.54, 1.807) is 19.1 Å². The molecule has 1 atom stereocenters. The molecule has 0 saturated carbocycles. The van der Waals surface area contributed by atoms with Crippen LogP contribution >= 0.6 is 35.6 Å². The summed E-state index contributed by atoms with van der Waals surface area (Å²) in [5.41, 5.74) is 0.539. The number of piperazine rings is 1. The van der Waals surface area contributed by atoms with Crippen molar-refractivity contribution in [1.82, 2.24) is 20.0 Å². The van der Waals surface area contributed by atoms with Gasteiger partial charge in [-0.05, 0) is 45.0 Å². The summed E-state index contributed by atoms with van der Waals surface area (Å²) in [5.74, 6) is 0.645. The summed E-state index contributed by atoms with van der Waals surface area (Å²) in [6, 6.07) is 4.68. The molecule has 168 valence electrons. The smallest absolute Gasteiger partial charge is 0.219 e. The molecule has 1 N–H and O–H groups in total. The molecular formula is C21H32ClFIN5O. The second kappa shape index (κ2) is 12.0. The second-order valence-corrected chi connectivity index (χ2v) is 7.99. The topological polar surface area (TPSA) is 51.2 Å². The first-order valence-corrected chi connectivity index (χ1v) is 10.9. The number of guanidine groups is 1. The number of hydrogen-bond donors (Lipinski definition) is 1. The first kappa shape index (κ1) is 25.1. The summed E-state index contributed by atoms with van der Waals surface area (Å²) in [5, 5.41) is 3.81. The van der Waals surface area contributed by atoms with Gasteiger partial charge in [-0.2, -0.15) is 0 Å². The first-order valence-electron chi connectivity index (χ1n) is 10.5. The van der Waals surface area contributed by atoms with Crippen molar-refractivity contribution in [2.24, 2.45) is 4.99 Å². The van der Waals surface area contributed by atoms with E-state index < -0.39 is 0 Å². The van der Waals surface area contributed by atoms with Crippen LogP contribution in [0.5, 0.6) is 0 Å². The number of hydrogen-bond acceptors (Lipinski definition) is 3. The lowest BCUT2D eigenvalue weighted by Crippen LogP contribution is -2.53. The number of rotatable bonds is 5. The van der Waals surface area contributed by atoms with Gasteiger partial charge in [0.05, 0.1) is 12.6 Å². The third-order valence-electron chi connectivity index (χ3n) is 5.69. The fourth-order valence-electron chi connectivity index (χ4n) is 4.10. The molecule has 3 rings (SSSR count). The van der Waals surface area contributed by atoms with E-state index in [9.17, 15) is 9.18 Å². The Morgan fingerprint density at radius 1 is 1.17 bits per heavy atom.